The molecule has 4 nitrogen and oxygen atoms in total. The lowest BCUT2D eigenvalue weighted by Crippen LogP contribution is -2.49. The zero-order valence-corrected chi connectivity index (χ0v) is 11.5. The fourth-order valence-electron chi connectivity index (χ4n) is 2.98. The lowest BCUT2D eigenvalue weighted by atomic mass is 9.66. The van der Waals surface area contributed by atoms with Crippen molar-refractivity contribution in [3.63, 3.8) is 0 Å². The zero-order chi connectivity index (χ0) is 12.5. The number of nitrogens with two attached hydrogens (primary N) is 1. The Kier molecular flexibility index (Phi) is 3.80. The highest BCUT2D eigenvalue weighted by Gasteiger charge is 2.36. The Morgan fingerprint density at radius 1 is 1.41 bits per heavy atom. The average molecular weight is 260 g/mol. The molecule has 1 saturated carbocycles. The molecule has 0 aromatic rings. The van der Waals surface area contributed by atoms with Crippen molar-refractivity contribution in [2.75, 3.05) is 31.1 Å². The normalized spacial score (nSPS) is 32.0. The van der Waals surface area contributed by atoms with Crippen molar-refractivity contribution in [1.29, 1.82) is 0 Å². The minimum absolute atomic E-state index is 0.170. The van der Waals surface area contributed by atoms with Crippen molar-refractivity contribution < 1.29 is 8.42 Å². The number of hydrogen-bond donors (Lipinski definition) is 1. The highest BCUT2D eigenvalue weighted by Crippen LogP contribution is 2.43. The number of rotatable bonds is 4. The Balaban J connectivity index is 1.84. The summed E-state index contributed by atoms with van der Waals surface area (Å²) in [5.41, 5.74) is 6.22. The molecular weight excluding hydrogens is 236 g/mol. The van der Waals surface area contributed by atoms with Gasteiger partial charge in [-0.2, -0.15) is 0 Å². The van der Waals surface area contributed by atoms with E-state index in [1.54, 1.807) is 0 Å². The van der Waals surface area contributed by atoms with Gasteiger partial charge in [0.15, 0.2) is 9.84 Å². The third kappa shape index (κ3) is 3.01. The number of nitrogens with zero attached hydrogens (tertiary/aromatic N) is 1. The van der Waals surface area contributed by atoms with E-state index in [0.717, 1.165) is 19.5 Å². The summed E-state index contributed by atoms with van der Waals surface area (Å²) in [6.07, 6.45) is 4.95. The topological polar surface area (TPSA) is 63.4 Å². The van der Waals surface area contributed by atoms with E-state index >= 15 is 0 Å². The van der Waals surface area contributed by atoms with Crippen LogP contribution in [-0.4, -0.2) is 50.5 Å². The number of sulfone groups is 1. The second kappa shape index (κ2) is 4.86. The fourth-order valence-corrected chi connectivity index (χ4v) is 4.60. The molecule has 1 aliphatic heterocycles. The van der Waals surface area contributed by atoms with Gasteiger partial charge in [-0.05, 0) is 44.7 Å². The first-order valence-electron chi connectivity index (χ1n) is 6.61. The Labute approximate surface area is 104 Å². The molecule has 0 amide bonds. The molecule has 100 valence electrons. The smallest absolute Gasteiger partial charge is 0.153 e. The van der Waals surface area contributed by atoms with E-state index in [9.17, 15) is 8.42 Å². The highest BCUT2D eigenvalue weighted by molar-refractivity contribution is 7.91. The van der Waals surface area contributed by atoms with Crippen molar-refractivity contribution >= 4 is 9.84 Å². The van der Waals surface area contributed by atoms with E-state index in [1.807, 2.05) is 6.92 Å². The van der Waals surface area contributed by atoms with Crippen molar-refractivity contribution in [2.24, 2.45) is 11.1 Å². The first kappa shape index (κ1) is 13.3. The van der Waals surface area contributed by atoms with Crippen molar-refractivity contribution in [3.8, 4) is 0 Å². The molecule has 2 rings (SSSR count). The number of hydrogen-bond acceptors (Lipinski definition) is 4. The van der Waals surface area contributed by atoms with Crippen LogP contribution in [0, 0.1) is 5.41 Å². The highest BCUT2D eigenvalue weighted by atomic mass is 32.2. The van der Waals surface area contributed by atoms with Crippen LogP contribution in [0.15, 0.2) is 0 Å². The lowest BCUT2D eigenvalue weighted by Gasteiger charge is -2.43. The Hall–Kier alpha value is -0.130. The van der Waals surface area contributed by atoms with Gasteiger partial charge >= 0.3 is 0 Å². The van der Waals surface area contributed by atoms with Crippen LogP contribution in [0.3, 0.4) is 0 Å². The van der Waals surface area contributed by atoms with E-state index in [2.05, 4.69) is 4.90 Å². The molecule has 5 heteroatoms. The molecule has 0 radical (unpaired) electrons. The van der Waals surface area contributed by atoms with Gasteiger partial charge in [0.1, 0.15) is 0 Å². The molecule has 2 fully saturated rings. The van der Waals surface area contributed by atoms with Crippen LogP contribution in [0.2, 0.25) is 0 Å². The Bertz CT molecular complexity index is 357. The lowest BCUT2D eigenvalue weighted by molar-refractivity contribution is 0.0977. The van der Waals surface area contributed by atoms with Crippen molar-refractivity contribution in [3.05, 3.63) is 0 Å². The molecule has 1 unspecified atom stereocenters. The molecule has 2 N–H and O–H groups in total. The van der Waals surface area contributed by atoms with Crippen molar-refractivity contribution in [1.82, 2.24) is 4.90 Å². The van der Waals surface area contributed by atoms with Crippen LogP contribution < -0.4 is 5.73 Å². The summed E-state index contributed by atoms with van der Waals surface area (Å²) >= 11 is 0. The second-order valence-corrected chi connectivity index (χ2v) is 8.04. The molecule has 0 bridgehead atoms. The molecule has 17 heavy (non-hydrogen) atoms. The van der Waals surface area contributed by atoms with Gasteiger partial charge in [-0.1, -0.05) is 6.42 Å². The first-order chi connectivity index (χ1) is 7.96. The van der Waals surface area contributed by atoms with Crippen LogP contribution >= 0.6 is 0 Å². The van der Waals surface area contributed by atoms with Crippen LogP contribution in [0.5, 0.6) is 0 Å². The summed E-state index contributed by atoms with van der Waals surface area (Å²) in [4.78, 5) is 2.32. The standard InChI is InChI=1S/C12H24N2O2S/c1-11-9-17(15,16)8-7-14(11)6-5-12(10-13)3-2-4-12/h11H,2-10,13H2,1H3. The monoisotopic (exact) mass is 260 g/mol. The quantitative estimate of drug-likeness (QED) is 0.805. The molecule has 1 saturated heterocycles. The molecular formula is C12H24N2O2S. The SMILES string of the molecule is CC1CS(=O)(=O)CCN1CCC1(CN)CCC1. The van der Waals surface area contributed by atoms with Gasteiger partial charge in [-0.15, -0.1) is 0 Å². The van der Waals surface area contributed by atoms with Gasteiger partial charge in [0.2, 0.25) is 0 Å². The minimum Gasteiger partial charge on any atom is -0.330 e. The average Bonchev–Trinajstić information content (AvgIpc) is 2.18. The Morgan fingerprint density at radius 3 is 2.59 bits per heavy atom. The third-order valence-electron chi connectivity index (χ3n) is 4.58. The minimum atomic E-state index is -2.78. The summed E-state index contributed by atoms with van der Waals surface area (Å²) in [6.45, 7) is 4.51. The summed E-state index contributed by atoms with van der Waals surface area (Å²) in [6, 6.07) is 0.170. The second-order valence-electron chi connectivity index (χ2n) is 5.81. The van der Waals surface area contributed by atoms with Gasteiger partial charge in [-0.25, -0.2) is 8.42 Å². The van der Waals surface area contributed by atoms with E-state index in [0.29, 0.717) is 23.5 Å². The van der Waals surface area contributed by atoms with Crippen LogP contribution in [0.1, 0.15) is 32.6 Å². The fraction of sp³-hybridized carbons (Fsp3) is 1.00. The molecule has 0 aromatic heterocycles. The van der Waals surface area contributed by atoms with Crippen LogP contribution in [-0.2, 0) is 9.84 Å². The van der Waals surface area contributed by atoms with E-state index in [1.165, 1.54) is 19.3 Å². The van der Waals surface area contributed by atoms with Crippen molar-refractivity contribution in [2.45, 2.75) is 38.6 Å². The van der Waals surface area contributed by atoms with Crippen LogP contribution in [0.4, 0.5) is 0 Å². The van der Waals surface area contributed by atoms with E-state index < -0.39 is 9.84 Å². The first-order valence-corrected chi connectivity index (χ1v) is 8.43. The molecule has 0 spiro atoms. The molecule has 0 aromatic carbocycles. The van der Waals surface area contributed by atoms with Gasteiger partial charge < -0.3 is 5.73 Å². The largest absolute Gasteiger partial charge is 0.330 e. The maximum atomic E-state index is 11.5. The summed E-state index contributed by atoms with van der Waals surface area (Å²) < 4.78 is 23.0. The van der Waals surface area contributed by atoms with Crippen LogP contribution in [0.25, 0.3) is 0 Å². The van der Waals surface area contributed by atoms with E-state index in [4.69, 9.17) is 5.73 Å². The predicted octanol–water partition coefficient (Wildman–Crippen LogP) is 0.624. The summed E-state index contributed by atoms with van der Waals surface area (Å²) in [5.74, 6) is 0.648. The summed E-state index contributed by atoms with van der Waals surface area (Å²) in [5, 5.41) is 0. The predicted molar refractivity (Wildman–Crippen MR) is 69.6 cm³/mol. The van der Waals surface area contributed by atoms with Gasteiger partial charge in [0, 0.05) is 12.6 Å². The summed E-state index contributed by atoms with van der Waals surface area (Å²) in [7, 11) is -2.78. The van der Waals surface area contributed by atoms with Gasteiger partial charge in [-0.3, -0.25) is 4.90 Å². The van der Waals surface area contributed by atoms with Gasteiger partial charge in [0.25, 0.3) is 0 Å². The molecule has 1 aliphatic carbocycles. The molecule has 2 aliphatic rings. The van der Waals surface area contributed by atoms with E-state index in [-0.39, 0.29) is 6.04 Å². The molecule has 1 atom stereocenters. The maximum absolute atomic E-state index is 11.5. The molecule has 1 heterocycles. The van der Waals surface area contributed by atoms with Gasteiger partial charge in [0.05, 0.1) is 11.5 Å². The third-order valence-corrected chi connectivity index (χ3v) is 6.38. The Morgan fingerprint density at radius 2 is 2.12 bits per heavy atom. The maximum Gasteiger partial charge on any atom is 0.153 e. The zero-order valence-electron chi connectivity index (χ0n) is 10.7.